The van der Waals surface area contributed by atoms with Gasteiger partial charge in [0.25, 0.3) is 0 Å². The number of carbonyl (C=O) groups excluding carboxylic acids is 1. The minimum absolute atomic E-state index is 0.0168. The van der Waals surface area contributed by atoms with Crippen molar-refractivity contribution in [3.05, 3.63) is 47.3 Å². The molecule has 0 spiro atoms. The van der Waals surface area contributed by atoms with Crippen molar-refractivity contribution in [1.29, 1.82) is 0 Å². The van der Waals surface area contributed by atoms with E-state index in [1.807, 2.05) is 0 Å². The molecule has 3 heterocycles. The number of hydrogen-bond donors (Lipinski definition) is 0. The Morgan fingerprint density at radius 2 is 2.04 bits per heavy atom. The fourth-order valence-corrected chi connectivity index (χ4v) is 4.73. The van der Waals surface area contributed by atoms with E-state index in [1.165, 1.54) is 23.1 Å². The molecule has 2 aliphatic rings. The van der Waals surface area contributed by atoms with Gasteiger partial charge in [-0.3, -0.25) is 4.79 Å². The lowest BCUT2D eigenvalue weighted by molar-refractivity contribution is -0.156. The predicted molar refractivity (Wildman–Crippen MR) is 90.5 cm³/mol. The van der Waals surface area contributed by atoms with Crippen molar-refractivity contribution in [2.24, 2.45) is 5.92 Å². The summed E-state index contributed by atoms with van der Waals surface area (Å²) in [5.41, 5.74) is 2.45. The highest BCUT2D eigenvalue weighted by Gasteiger charge is 2.47. The molecular weight excluding hydrogens is 308 g/mol. The number of thiophene rings is 1. The molecule has 120 valence electrons. The van der Waals surface area contributed by atoms with E-state index < -0.39 is 0 Å². The molecule has 0 saturated carbocycles. The van der Waals surface area contributed by atoms with Crippen LogP contribution in [0.25, 0.3) is 10.4 Å². The van der Waals surface area contributed by atoms with Gasteiger partial charge < -0.3 is 9.47 Å². The Kier molecular flexibility index (Phi) is 3.95. The van der Waals surface area contributed by atoms with E-state index >= 15 is 0 Å². The summed E-state index contributed by atoms with van der Waals surface area (Å²) < 4.78 is 11.0. The maximum absolute atomic E-state index is 12.3. The number of benzene rings is 1. The Balaban J connectivity index is 1.63. The first-order chi connectivity index (χ1) is 11.3. The molecule has 2 fully saturated rings. The zero-order valence-electron chi connectivity index (χ0n) is 13.1. The number of methoxy groups -OCH3 is 1. The molecule has 2 saturated heterocycles. The van der Waals surface area contributed by atoms with Crippen molar-refractivity contribution in [3.63, 3.8) is 0 Å². The molecular formula is C19H20O3S. The molecule has 4 heteroatoms. The molecule has 1 aromatic heterocycles. The van der Waals surface area contributed by atoms with Crippen molar-refractivity contribution < 1.29 is 14.3 Å². The molecule has 2 bridgehead atoms. The van der Waals surface area contributed by atoms with Gasteiger partial charge in [0.1, 0.15) is 0 Å². The van der Waals surface area contributed by atoms with Crippen molar-refractivity contribution in [1.82, 2.24) is 0 Å². The van der Waals surface area contributed by atoms with Gasteiger partial charge in [0.2, 0.25) is 0 Å². The molecule has 0 amide bonds. The first kappa shape index (κ1) is 14.9. The van der Waals surface area contributed by atoms with E-state index in [0.29, 0.717) is 6.10 Å². The summed E-state index contributed by atoms with van der Waals surface area (Å²) in [6.45, 7) is 0. The second-order valence-electron chi connectivity index (χ2n) is 6.36. The van der Waals surface area contributed by atoms with Crippen LogP contribution < -0.4 is 0 Å². The maximum atomic E-state index is 12.3. The summed E-state index contributed by atoms with van der Waals surface area (Å²) in [6.07, 6.45) is 3.25. The topological polar surface area (TPSA) is 35.5 Å². The smallest absolute Gasteiger partial charge is 0.311 e. The Hall–Kier alpha value is -1.65. The van der Waals surface area contributed by atoms with E-state index in [-0.39, 0.29) is 23.9 Å². The van der Waals surface area contributed by atoms with Gasteiger partial charge >= 0.3 is 5.97 Å². The summed E-state index contributed by atoms with van der Waals surface area (Å²) in [6, 6.07) is 12.9. The van der Waals surface area contributed by atoms with Gasteiger partial charge in [-0.15, -0.1) is 11.3 Å². The number of carbonyl (C=O) groups is 1. The highest BCUT2D eigenvalue weighted by molar-refractivity contribution is 7.13. The number of rotatable bonds is 3. The molecule has 0 aliphatic carbocycles. The lowest BCUT2D eigenvalue weighted by Gasteiger charge is -2.35. The van der Waals surface area contributed by atoms with E-state index in [2.05, 4.69) is 41.8 Å². The summed E-state index contributed by atoms with van der Waals surface area (Å²) in [7, 11) is 1.47. The van der Waals surface area contributed by atoms with Crippen LogP contribution in [0.1, 0.15) is 30.7 Å². The molecule has 2 aliphatic heterocycles. The van der Waals surface area contributed by atoms with Gasteiger partial charge in [-0.2, -0.15) is 0 Å². The Labute approximate surface area is 140 Å². The first-order valence-corrected chi connectivity index (χ1v) is 9.01. The predicted octanol–water partition coefficient (Wildman–Crippen LogP) is 4.24. The molecule has 1 aromatic carbocycles. The number of hydrogen-bond acceptors (Lipinski definition) is 4. The largest absolute Gasteiger partial charge is 0.469 e. The van der Waals surface area contributed by atoms with E-state index in [0.717, 1.165) is 19.3 Å². The Morgan fingerprint density at radius 3 is 2.74 bits per heavy atom. The number of fused-ring (bicyclic) bond motifs is 2. The fourth-order valence-electron chi connectivity index (χ4n) is 3.99. The third-order valence-electron chi connectivity index (χ3n) is 5.11. The molecule has 4 rings (SSSR count). The van der Waals surface area contributed by atoms with E-state index in [9.17, 15) is 4.79 Å². The van der Waals surface area contributed by atoms with Crippen molar-refractivity contribution in [2.75, 3.05) is 7.11 Å². The van der Waals surface area contributed by atoms with Crippen LogP contribution in [0.3, 0.4) is 0 Å². The summed E-state index contributed by atoms with van der Waals surface area (Å²) in [4.78, 5) is 13.6. The van der Waals surface area contributed by atoms with E-state index in [1.54, 1.807) is 11.3 Å². The van der Waals surface area contributed by atoms with Crippen LogP contribution in [0, 0.1) is 5.92 Å². The second-order valence-corrected chi connectivity index (χ2v) is 7.31. The summed E-state index contributed by atoms with van der Waals surface area (Å²) in [5.74, 6) is -0.111. The Morgan fingerprint density at radius 1 is 1.22 bits per heavy atom. The molecule has 0 unspecified atom stereocenters. The molecule has 0 radical (unpaired) electrons. The van der Waals surface area contributed by atoms with Gasteiger partial charge in [0.15, 0.2) is 0 Å². The average Bonchev–Trinajstić information content (AvgIpc) is 3.25. The lowest BCUT2D eigenvalue weighted by atomic mass is 9.79. The van der Waals surface area contributed by atoms with Crippen LogP contribution >= 0.6 is 11.3 Å². The van der Waals surface area contributed by atoms with E-state index in [4.69, 9.17) is 9.47 Å². The first-order valence-electron chi connectivity index (χ1n) is 8.13. The SMILES string of the molecule is COC(=O)[C@@H]1[C@H]2CC[C@@H](C[C@H]1c1ccc(-c3cccs3)cc1)O2. The monoisotopic (exact) mass is 328 g/mol. The van der Waals surface area contributed by atoms with Crippen LogP contribution in [0.4, 0.5) is 0 Å². The number of esters is 1. The van der Waals surface area contributed by atoms with Crippen LogP contribution in [0.5, 0.6) is 0 Å². The highest BCUT2D eigenvalue weighted by atomic mass is 32.1. The summed E-state index contributed by atoms with van der Waals surface area (Å²) >= 11 is 1.74. The second kappa shape index (κ2) is 6.10. The summed E-state index contributed by atoms with van der Waals surface area (Å²) in [5, 5.41) is 2.09. The molecule has 4 atom stereocenters. The third-order valence-corrected chi connectivity index (χ3v) is 6.03. The lowest BCUT2D eigenvalue weighted by Crippen LogP contribution is -2.39. The van der Waals surface area contributed by atoms with Gasteiger partial charge in [0.05, 0.1) is 25.2 Å². The molecule has 3 nitrogen and oxygen atoms in total. The van der Waals surface area contributed by atoms with Gasteiger partial charge in [-0.1, -0.05) is 30.3 Å². The van der Waals surface area contributed by atoms with Crippen LogP contribution in [-0.4, -0.2) is 25.3 Å². The van der Waals surface area contributed by atoms with Gasteiger partial charge in [-0.05, 0) is 41.8 Å². The third kappa shape index (κ3) is 2.70. The molecule has 23 heavy (non-hydrogen) atoms. The fraction of sp³-hybridized carbons (Fsp3) is 0.421. The quantitative estimate of drug-likeness (QED) is 0.791. The maximum Gasteiger partial charge on any atom is 0.311 e. The van der Waals surface area contributed by atoms with Gasteiger partial charge in [-0.25, -0.2) is 0 Å². The standard InChI is InChI=1S/C19H20O3S/c1-21-19(20)18-15(11-14-8-9-16(18)22-14)12-4-6-13(7-5-12)17-3-2-10-23-17/h2-7,10,14-16,18H,8-9,11H2,1H3/t14-,15-,16+,18-/m0/s1. The molecule has 0 N–H and O–H groups in total. The van der Waals surface area contributed by atoms with Crippen molar-refractivity contribution >= 4 is 17.3 Å². The van der Waals surface area contributed by atoms with Crippen LogP contribution in [0.2, 0.25) is 0 Å². The molecule has 2 aromatic rings. The average molecular weight is 328 g/mol. The van der Waals surface area contributed by atoms with Gasteiger partial charge in [0, 0.05) is 10.8 Å². The minimum atomic E-state index is -0.175. The Bertz CT molecular complexity index is 677. The van der Waals surface area contributed by atoms with Crippen LogP contribution in [0.15, 0.2) is 41.8 Å². The minimum Gasteiger partial charge on any atom is -0.469 e. The number of ether oxygens (including phenoxy) is 2. The van der Waals surface area contributed by atoms with Crippen molar-refractivity contribution in [3.8, 4) is 10.4 Å². The zero-order chi connectivity index (χ0) is 15.8. The highest BCUT2D eigenvalue weighted by Crippen LogP contribution is 2.45. The van der Waals surface area contributed by atoms with Crippen LogP contribution in [-0.2, 0) is 14.3 Å². The zero-order valence-corrected chi connectivity index (χ0v) is 13.9. The normalized spacial score (nSPS) is 29.4. The van der Waals surface area contributed by atoms with Crippen molar-refractivity contribution in [2.45, 2.75) is 37.4 Å².